The first-order valence-electron chi connectivity index (χ1n) is 12.5. The van der Waals surface area contributed by atoms with Crippen LogP contribution in [0, 0.1) is 6.92 Å². The van der Waals surface area contributed by atoms with Crippen molar-refractivity contribution in [3.63, 3.8) is 0 Å². The Morgan fingerprint density at radius 1 is 0.974 bits per heavy atom. The lowest BCUT2D eigenvalue weighted by Gasteiger charge is -2.32. The molecule has 2 amide bonds. The van der Waals surface area contributed by atoms with E-state index in [-0.39, 0.29) is 17.3 Å². The molecule has 0 bridgehead atoms. The SMILES string of the molecule is CCCNC(=O)[C@@H](C)N(Cc1cccc(OC)c1)C(=O)CN(c1ccc(C)cc1)S(=O)(=O)c1ccccc1. The normalized spacial score (nSPS) is 11.9. The van der Waals surface area contributed by atoms with Crippen molar-refractivity contribution in [3.8, 4) is 5.75 Å². The molecule has 0 saturated heterocycles. The second kappa shape index (κ2) is 13.1. The minimum absolute atomic E-state index is 0.0708. The Morgan fingerprint density at radius 2 is 1.66 bits per heavy atom. The minimum Gasteiger partial charge on any atom is -0.497 e. The smallest absolute Gasteiger partial charge is 0.264 e. The van der Waals surface area contributed by atoms with E-state index in [0.717, 1.165) is 21.9 Å². The van der Waals surface area contributed by atoms with E-state index >= 15 is 0 Å². The lowest BCUT2D eigenvalue weighted by molar-refractivity contribution is -0.139. The van der Waals surface area contributed by atoms with Gasteiger partial charge in [0.25, 0.3) is 10.0 Å². The largest absolute Gasteiger partial charge is 0.497 e. The highest BCUT2D eigenvalue weighted by Gasteiger charge is 2.32. The Bertz CT molecular complexity index is 1330. The number of rotatable bonds is 12. The fraction of sp³-hybridized carbons (Fsp3) is 0.310. The van der Waals surface area contributed by atoms with E-state index in [1.54, 1.807) is 74.7 Å². The summed E-state index contributed by atoms with van der Waals surface area (Å²) >= 11 is 0. The predicted molar refractivity (Wildman–Crippen MR) is 148 cm³/mol. The van der Waals surface area contributed by atoms with Crippen molar-refractivity contribution in [3.05, 3.63) is 90.0 Å². The van der Waals surface area contributed by atoms with Gasteiger partial charge in [0, 0.05) is 13.1 Å². The second-order valence-corrected chi connectivity index (χ2v) is 10.9. The van der Waals surface area contributed by atoms with Gasteiger partial charge in [-0.1, -0.05) is 55.0 Å². The van der Waals surface area contributed by atoms with Crippen molar-refractivity contribution in [2.75, 3.05) is 24.5 Å². The number of hydrogen-bond acceptors (Lipinski definition) is 5. The van der Waals surface area contributed by atoms with Gasteiger partial charge in [-0.25, -0.2) is 8.42 Å². The van der Waals surface area contributed by atoms with E-state index in [1.165, 1.54) is 17.0 Å². The number of nitrogens with one attached hydrogen (secondary N) is 1. The summed E-state index contributed by atoms with van der Waals surface area (Å²) in [6.45, 7) is 5.59. The predicted octanol–water partition coefficient (Wildman–Crippen LogP) is 4.14. The van der Waals surface area contributed by atoms with E-state index < -0.39 is 28.5 Å². The van der Waals surface area contributed by atoms with Crippen molar-refractivity contribution in [2.24, 2.45) is 0 Å². The highest BCUT2D eigenvalue weighted by Crippen LogP contribution is 2.25. The molecule has 0 aliphatic carbocycles. The molecule has 0 aliphatic rings. The molecule has 8 nitrogen and oxygen atoms in total. The van der Waals surface area contributed by atoms with Gasteiger partial charge in [0.05, 0.1) is 17.7 Å². The summed E-state index contributed by atoms with van der Waals surface area (Å²) in [5.74, 6) is -0.200. The molecule has 1 N–H and O–H groups in total. The maximum absolute atomic E-state index is 13.9. The molecule has 3 aromatic rings. The molecular weight excluding hydrogens is 502 g/mol. The molecule has 0 unspecified atom stereocenters. The molecule has 0 spiro atoms. The standard InChI is InChI=1S/C29H35N3O5S/c1-5-18-30-29(34)23(3)31(20-24-10-9-11-26(19-24)37-4)28(33)21-32(25-16-14-22(2)15-17-25)38(35,36)27-12-7-6-8-13-27/h6-17,19,23H,5,18,20-21H2,1-4H3,(H,30,34)/t23-/m1/s1. The third-order valence-corrected chi connectivity index (χ3v) is 7.92. The van der Waals surface area contributed by atoms with Crippen LogP contribution >= 0.6 is 0 Å². The lowest BCUT2D eigenvalue weighted by atomic mass is 10.1. The summed E-state index contributed by atoms with van der Waals surface area (Å²) in [7, 11) is -2.52. The molecule has 0 aromatic heterocycles. The Labute approximate surface area is 225 Å². The molecule has 38 heavy (non-hydrogen) atoms. The van der Waals surface area contributed by atoms with Crippen LogP contribution in [0.4, 0.5) is 5.69 Å². The number of aryl methyl sites for hydroxylation is 1. The number of carbonyl (C=O) groups excluding carboxylic acids is 2. The van der Waals surface area contributed by atoms with Crippen LogP contribution in [0.25, 0.3) is 0 Å². The molecular formula is C29H35N3O5S. The van der Waals surface area contributed by atoms with Crippen LogP contribution in [0.2, 0.25) is 0 Å². The van der Waals surface area contributed by atoms with E-state index in [0.29, 0.717) is 18.0 Å². The van der Waals surface area contributed by atoms with Crippen molar-refractivity contribution in [1.29, 1.82) is 0 Å². The monoisotopic (exact) mass is 537 g/mol. The number of benzene rings is 3. The number of nitrogens with zero attached hydrogens (tertiary/aromatic N) is 2. The fourth-order valence-electron chi connectivity index (χ4n) is 3.91. The topological polar surface area (TPSA) is 96.0 Å². The van der Waals surface area contributed by atoms with Crippen LogP contribution < -0.4 is 14.4 Å². The third-order valence-electron chi connectivity index (χ3n) is 6.14. The molecule has 1 atom stereocenters. The summed E-state index contributed by atoms with van der Waals surface area (Å²) in [6.07, 6.45) is 0.749. The van der Waals surface area contributed by atoms with Crippen molar-refractivity contribution >= 4 is 27.5 Å². The first kappa shape index (κ1) is 28.7. The van der Waals surface area contributed by atoms with Gasteiger partial charge >= 0.3 is 0 Å². The zero-order chi connectivity index (χ0) is 27.7. The van der Waals surface area contributed by atoms with Gasteiger partial charge in [0.1, 0.15) is 18.3 Å². The number of amides is 2. The minimum atomic E-state index is -4.07. The molecule has 0 fully saturated rings. The van der Waals surface area contributed by atoms with E-state index in [9.17, 15) is 18.0 Å². The van der Waals surface area contributed by atoms with E-state index in [1.807, 2.05) is 19.9 Å². The summed E-state index contributed by atoms with van der Waals surface area (Å²) < 4.78 is 33.9. The molecule has 9 heteroatoms. The van der Waals surface area contributed by atoms with Crippen LogP contribution in [-0.4, -0.2) is 51.4 Å². The maximum atomic E-state index is 13.9. The van der Waals surface area contributed by atoms with Crippen molar-refractivity contribution < 1.29 is 22.7 Å². The Morgan fingerprint density at radius 3 is 2.29 bits per heavy atom. The second-order valence-electron chi connectivity index (χ2n) is 9.00. The molecule has 0 heterocycles. The summed E-state index contributed by atoms with van der Waals surface area (Å²) in [5, 5.41) is 2.83. The average molecular weight is 538 g/mol. The van der Waals surface area contributed by atoms with Crippen LogP contribution in [0.15, 0.2) is 83.8 Å². The number of carbonyl (C=O) groups is 2. The summed E-state index contributed by atoms with van der Waals surface area (Å²) in [4.78, 5) is 28.2. The Kier molecular flexibility index (Phi) is 9.90. The molecule has 3 aromatic carbocycles. The fourth-order valence-corrected chi connectivity index (χ4v) is 5.34. The van der Waals surface area contributed by atoms with Crippen LogP contribution in [0.5, 0.6) is 5.75 Å². The number of ether oxygens (including phenoxy) is 1. The average Bonchev–Trinajstić information content (AvgIpc) is 2.93. The number of sulfonamides is 1. The van der Waals surface area contributed by atoms with E-state index in [4.69, 9.17) is 4.74 Å². The van der Waals surface area contributed by atoms with Gasteiger partial charge in [-0.15, -0.1) is 0 Å². The number of hydrogen-bond donors (Lipinski definition) is 1. The third kappa shape index (κ3) is 7.13. The molecule has 3 rings (SSSR count). The quantitative estimate of drug-likeness (QED) is 0.375. The molecule has 0 aliphatic heterocycles. The summed E-state index contributed by atoms with van der Waals surface area (Å²) in [6, 6.07) is 21.3. The van der Waals surface area contributed by atoms with E-state index in [2.05, 4.69) is 5.32 Å². The zero-order valence-corrected chi connectivity index (χ0v) is 23.1. The van der Waals surface area contributed by atoms with Gasteiger partial charge < -0.3 is 15.0 Å². The van der Waals surface area contributed by atoms with Gasteiger partial charge in [-0.3, -0.25) is 13.9 Å². The van der Waals surface area contributed by atoms with Gasteiger partial charge in [-0.2, -0.15) is 0 Å². The first-order chi connectivity index (χ1) is 18.2. The number of anilines is 1. The highest BCUT2D eigenvalue weighted by atomic mass is 32.2. The number of methoxy groups -OCH3 is 1. The molecule has 0 saturated carbocycles. The summed E-state index contributed by atoms with van der Waals surface area (Å²) in [5.41, 5.74) is 2.07. The first-order valence-corrected chi connectivity index (χ1v) is 14.0. The molecule has 202 valence electrons. The van der Waals surface area contributed by atoms with Crippen LogP contribution in [0.3, 0.4) is 0 Å². The van der Waals surface area contributed by atoms with Crippen molar-refractivity contribution in [1.82, 2.24) is 10.2 Å². The maximum Gasteiger partial charge on any atom is 0.264 e. The zero-order valence-electron chi connectivity index (χ0n) is 22.3. The van der Waals surface area contributed by atoms with Gasteiger partial charge in [0.15, 0.2) is 0 Å². The van der Waals surface area contributed by atoms with Crippen LogP contribution in [0.1, 0.15) is 31.4 Å². The van der Waals surface area contributed by atoms with Gasteiger partial charge in [-0.05, 0) is 62.2 Å². The Balaban J connectivity index is 2.00. The van der Waals surface area contributed by atoms with Gasteiger partial charge in [0.2, 0.25) is 11.8 Å². The molecule has 0 radical (unpaired) electrons. The lowest BCUT2D eigenvalue weighted by Crippen LogP contribution is -2.51. The van der Waals surface area contributed by atoms with Crippen molar-refractivity contribution in [2.45, 2.75) is 44.7 Å². The van der Waals surface area contributed by atoms with Crippen LogP contribution in [-0.2, 0) is 26.2 Å². The Hall–Kier alpha value is -3.85. The highest BCUT2D eigenvalue weighted by molar-refractivity contribution is 7.92.